The van der Waals surface area contributed by atoms with Gasteiger partial charge in [0.1, 0.15) is 5.75 Å². The number of hydrogen-bond acceptors (Lipinski definition) is 3. The normalized spacial score (nSPS) is 12.0. The van der Waals surface area contributed by atoms with Gasteiger partial charge in [-0.05, 0) is 37.9 Å². The third-order valence-corrected chi connectivity index (χ3v) is 2.97. The predicted molar refractivity (Wildman–Crippen MR) is 77.6 cm³/mol. The number of hydrogen-bond donors (Lipinski definition) is 2. The summed E-state index contributed by atoms with van der Waals surface area (Å²) in [4.78, 5) is 11.8. The minimum Gasteiger partial charge on any atom is -0.479 e. The van der Waals surface area contributed by atoms with Crippen molar-refractivity contribution < 1.29 is 9.53 Å². The van der Waals surface area contributed by atoms with Crippen molar-refractivity contribution in [3.05, 3.63) is 28.8 Å². The second-order valence-electron chi connectivity index (χ2n) is 4.32. The van der Waals surface area contributed by atoms with Crippen LogP contribution in [0, 0.1) is 0 Å². The third-order valence-electron chi connectivity index (χ3n) is 2.68. The molecule has 0 aliphatic heterocycles. The molecule has 0 spiro atoms. The Morgan fingerprint density at radius 1 is 1.53 bits per heavy atom. The van der Waals surface area contributed by atoms with Gasteiger partial charge in [-0.15, -0.1) is 0 Å². The molecule has 0 saturated heterocycles. The number of nitrogens with one attached hydrogen (secondary N) is 1. The minimum absolute atomic E-state index is 0.138. The van der Waals surface area contributed by atoms with Crippen LogP contribution in [0.4, 0.5) is 0 Å². The van der Waals surface area contributed by atoms with Gasteiger partial charge in [-0.1, -0.05) is 30.7 Å². The highest BCUT2D eigenvalue weighted by Gasteiger charge is 2.17. The fourth-order valence-electron chi connectivity index (χ4n) is 1.66. The number of ether oxygens (including phenoxy) is 1. The molecule has 19 heavy (non-hydrogen) atoms. The molecule has 0 saturated carbocycles. The van der Waals surface area contributed by atoms with Gasteiger partial charge in [-0.3, -0.25) is 4.79 Å². The zero-order valence-corrected chi connectivity index (χ0v) is 12.2. The highest BCUT2D eigenvalue weighted by Crippen LogP contribution is 2.29. The maximum Gasteiger partial charge on any atom is 0.260 e. The van der Waals surface area contributed by atoms with Crippen LogP contribution in [-0.4, -0.2) is 25.1 Å². The number of halogens is 1. The van der Waals surface area contributed by atoms with Gasteiger partial charge >= 0.3 is 0 Å². The summed E-state index contributed by atoms with van der Waals surface area (Å²) < 4.78 is 5.69. The quantitative estimate of drug-likeness (QED) is 0.806. The van der Waals surface area contributed by atoms with Gasteiger partial charge in [0.15, 0.2) is 6.10 Å². The van der Waals surface area contributed by atoms with Crippen LogP contribution < -0.4 is 15.8 Å². The lowest BCUT2D eigenvalue weighted by atomic mass is 10.1. The van der Waals surface area contributed by atoms with E-state index in [-0.39, 0.29) is 5.91 Å². The summed E-state index contributed by atoms with van der Waals surface area (Å²) in [5, 5.41) is 3.29. The Morgan fingerprint density at radius 3 is 2.89 bits per heavy atom. The van der Waals surface area contributed by atoms with E-state index >= 15 is 0 Å². The molecule has 106 valence electrons. The summed E-state index contributed by atoms with van der Waals surface area (Å²) >= 11 is 6.12. The molecular weight excluding hydrogens is 264 g/mol. The second kappa shape index (κ2) is 8.02. The standard InChI is InChI=1S/C14H21ClN2O2/c1-3-9-17-14(18)10(2)19-13-11(7-8-16)5-4-6-12(13)15/h4-6,10H,3,7-9,16H2,1-2H3,(H,17,18). The maximum atomic E-state index is 11.8. The van der Waals surface area contributed by atoms with E-state index in [0.717, 1.165) is 12.0 Å². The van der Waals surface area contributed by atoms with Crippen molar-refractivity contribution in [2.24, 2.45) is 5.73 Å². The summed E-state index contributed by atoms with van der Waals surface area (Å²) in [5.74, 6) is 0.411. The van der Waals surface area contributed by atoms with E-state index in [1.165, 1.54) is 0 Å². The monoisotopic (exact) mass is 284 g/mol. The average molecular weight is 285 g/mol. The topological polar surface area (TPSA) is 64.3 Å². The summed E-state index contributed by atoms with van der Waals surface area (Å²) in [6.45, 7) is 4.86. The smallest absolute Gasteiger partial charge is 0.260 e. The Balaban J connectivity index is 2.77. The van der Waals surface area contributed by atoms with Crippen molar-refractivity contribution in [3.8, 4) is 5.75 Å². The van der Waals surface area contributed by atoms with Crippen molar-refractivity contribution in [3.63, 3.8) is 0 Å². The molecule has 4 nitrogen and oxygen atoms in total. The molecule has 1 atom stereocenters. The van der Waals surface area contributed by atoms with Gasteiger partial charge < -0.3 is 15.8 Å². The fraction of sp³-hybridized carbons (Fsp3) is 0.500. The lowest BCUT2D eigenvalue weighted by Gasteiger charge is -2.18. The number of rotatable bonds is 7. The van der Waals surface area contributed by atoms with Crippen LogP contribution in [-0.2, 0) is 11.2 Å². The maximum absolute atomic E-state index is 11.8. The van der Waals surface area contributed by atoms with E-state index < -0.39 is 6.10 Å². The number of nitrogens with two attached hydrogens (primary N) is 1. The third kappa shape index (κ3) is 4.73. The SMILES string of the molecule is CCCNC(=O)C(C)Oc1c(Cl)cccc1CCN. The summed E-state index contributed by atoms with van der Waals surface area (Å²) in [6, 6.07) is 5.50. The first-order valence-corrected chi connectivity index (χ1v) is 6.89. The molecule has 1 amide bonds. The van der Waals surface area contributed by atoms with E-state index in [1.54, 1.807) is 13.0 Å². The molecule has 0 aliphatic rings. The Morgan fingerprint density at radius 2 is 2.26 bits per heavy atom. The Bertz CT molecular complexity index is 424. The van der Waals surface area contributed by atoms with Crippen molar-refractivity contribution in [2.75, 3.05) is 13.1 Å². The first kappa shape index (κ1) is 15.8. The van der Waals surface area contributed by atoms with Gasteiger partial charge in [0.05, 0.1) is 5.02 Å². The zero-order chi connectivity index (χ0) is 14.3. The molecule has 0 fully saturated rings. The van der Waals surface area contributed by atoms with Gasteiger partial charge in [-0.2, -0.15) is 0 Å². The van der Waals surface area contributed by atoms with Crippen molar-refractivity contribution in [1.29, 1.82) is 0 Å². The van der Waals surface area contributed by atoms with Crippen LogP contribution in [0.5, 0.6) is 5.75 Å². The first-order chi connectivity index (χ1) is 9.10. The molecule has 1 unspecified atom stereocenters. The summed E-state index contributed by atoms with van der Waals surface area (Å²) in [6.07, 6.45) is 0.977. The average Bonchev–Trinajstić information content (AvgIpc) is 2.40. The Kier molecular flexibility index (Phi) is 6.67. The lowest BCUT2D eigenvalue weighted by Crippen LogP contribution is -2.36. The van der Waals surface area contributed by atoms with E-state index in [9.17, 15) is 4.79 Å². The fourth-order valence-corrected chi connectivity index (χ4v) is 1.90. The van der Waals surface area contributed by atoms with Crippen molar-refractivity contribution >= 4 is 17.5 Å². The molecule has 1 rings (SSSR count). The number of amides is 1. The van der Waals surface area contributed by atoms with Crippen molar-refractivity contribution in [1.82, 2.24) is 5.32 Å². The first-order valence-electron chi connectivity index (χ1n) is 6.52. The second-order valence-corrected chi connectivity index (χ2v) is 4.73. The molecule has 5 heteroatoms. The Hall–Kier alpha value is -1.26. The molecule has 0 aromatic heterocycles. The molecule has 3 N–H and O–H groups in total. The summed E-state index contributed by atoms with van der Waals surface area (Å²) in [5.41, 5.74) is 6.48. The van der Waals surface area contributed by atoms with Gasteiger partial charge in [-0.25, -0.2) is 0 Å². The molecule has 0 heterocycles. The van der Waals surface area contributed by atoms with Gasteiger partial charge in [0.25, 0.3) is 5.91 Å². The highest BCUT2D eigenvalue weighted by molar-refractivity contribution is 6.32. The number of para-hydroxylation sites is 1. The van der Waals surface area contributed by atoms with Crippen LogP contribution in [0.25, 0.3) is 0 Å². The van der Waals surface area contributed by atoms with E-state index in [0.29, 0.717) is 30.3 Å². The molecule has 1 aromatic carbocycles. The van der Waals surface area contributed by atoms with Crippen LogP contribution in [0.1, 0.15) is 25.8 Å². The molecule has 0 radical (unpaired) electrons. The predicted octanol–water partition coefficient (Wildman–Crippen LogP) is 2.13. The van der Waals surface area contributed by atoms with Crippen molar-refractivity contribution in [2.45, 2.75) is 32.8 Å². The number of carbonyl (C=O) groups excluding carboxylic acids is 1. The Labute approximate surface area is 119 Å². The van der Waals surface area contributed by atoms with E-state index in [1.807, 2.05) is 19.1 Å². The van der Waals surface area contributed by atoms with Crippen LogP contribution in [0.3, 0.4) is 0 Å². The van der Waals surface area contributed by atoms with Gasteiger partial charge in [0.2, 0.25) is 0 Å². The summed E-state index contributed by atoms with van der Waals surface area (Å²) in [7, 11) is 0. The lowest BCUT2D eigenvalue weighted by molar-refractivity contribution is -0.127. The molecule has 0 aliphatic carbocycles. The highest BCUT2D eigenvalue weighted by atomic mass is 35.5. The number of carbonyl (C=O) groups is 1. The minimum atomic E-state index is -0.581. The molecular formula is C14H21ClN2O2. The zero-order valence-electron chi connectivity index (χ0n) is 11.4. The molecule has 1 aromatic rings. The van der Waals surface area contributed by atoms with Crippen LogP contribution in [0.2, 0.25) is 5.02 Å². The van der Waals surface area contributed by atoms with E-state index in [2.05, 4.69) is 5.32 Å². The van der Waals surface area contributed by atoms with Gasteiger partial charge in [0, 0.05) is 6.54 Å². The largest absolute Gasteiger partial charge is 0.479 e. The van der Waals surface area contributed by atoms with Crippen LogP contribution >= 0.6 is 11.6 Å². The van der Waals surface area contributed by atoms with Crippen LogP contribution in [0.15, 0.2) is 18.2 Å². The number of benzene rings is 1. The van der Waals surface area contributed by atoms with E-state index in [4.69, 9.17) is 22.1 Å². The molecule has 0 bridgehead atoms.